The molecule has 6 nitrogen and oxygen atoms in total. The molecule has 0 unspecified atom stereocenters. The van der Waals surface area contributed by atoms with Crippen LogP contribution in [0.4, 0.5) is 11.5 Å². The zero-order chi connectivity index (χ0) is 19.8. The van der Waals surface area contributed by atoms with Crippen molar-refractivity contribution in [1.82, 2.24) is 4.98 Å². The Kier molecular flexibility index (Phi) is 6.46. The molecule has 0 aliphatic carbocycles. The Morgan fingerprint density at radius 2 is 1.75 bits per heavy atom. The van der Waals surface area contributed by atoms with Gasteiger partial charge in [-0.2, -0.15) is 0 Å². The predicted octanol–water partition coefficient (Wildman–Crippen LogP) is 4.01. The zero-order valence-electron chi connectivity index (χ0n) is 15.9. The van der Waals surface area contributed by atoms with Crippen molar-refractivity contribution < 1.29 is 14.3 Å². The number of benzene rings is 2. The lowest BCUT2D eigenvalue weighted by Gasteiger charge is -2.10. The number of para-hydroxylation sites is 1. The minimum atomic E-state index is -0.210. The summed E-state index contributed by atoms with van der Waals surface area (Å²) in [6.07, 6.45) is 2.37. The van der Waals surface area contributed by atoms with Crippen molar-refractivity contribution in [2.24, 2.45) is 0 Å². The Balaban J connectivity index is 1.53. The van der Waals surface area contributed by atoms with Crippen LogP contribution in [0.15, 0.2) is 66.9 Å². The highest BCUT2D eigenvalue weighted by Crippen LogP contribution is 2.18. The van der Waals surface area contributed by atoms with E-state index in [2.05, 4.69) is 15.6 Å². The first-order chi connectivity index (χ1) is 13.7. The number of hydrogen-bond donors (Lipinski definition) is 2. The summed E-state index contributed by atoms with van der Waals surface area (Å²) in [7, 11) is 3.27. The fourth-order valence-corrected chi connectivity index (χ4v) is 2.75. The SMILES string of the molecule is COc1ccc(NC(=O)c2ccc(NCCc3ccccc3OC)nc2)cc1. The minimum Gasteiger partial charge on any atom is -0.497 e. The number of pyridine rings is 1. The number of amides is 1. The second-order valence-corrected chi connectivity index (χ2v) is 6.10. The first-order valence-electron chi connectivity index (χ1n) is 8.97. The van der Waals surface area contributed by atoms with E-state index in [1.165, 1.54) is 0 Å². The van der Waals surface area contributed by atoms with Gasteiger partial charge in [-0.25, -0.2) is 4.98 Å². The number of aromatic nitrogens is 1. The third-order valence-corrected chi connectivity index (χ3v) is 4.27. The highest BCUT2D eigenvalue weighted by Gasteiger charge is 2.07. The molecule has 2 N–H and O–H groups in total. The Bertz CT molecular complexity index is 909. The van der Waals surface area contributed by atoms with Crippen molar-refractivity contribution in [2.75, 3.05) is 31.4 Å². The molecule has 0 fully saturated rings. The second kappa shape index (κ2) is 9.41. The molecule has 2 aromatic carbocycles. The molecule has 28 heavy (non-hydrogen) atoms. The van der Waals surface area contributed by atoms with Crippen molar-refractivity contribution in [3.05, 3.63) is 78.0 Å². The van der Waals surface area contributed by atoms with Crippen LogP contribution in [-0.2, 0) is 6.42 Å². The van der Waals surface area contributed by atoms with E-state index in [9.17, 15) is 4.79 Å². The van der Waals surface area contributed by atoms with Crippen LogP contribution >= 0.6 is 0 Å². The Labute approximate surface area is 164 Å². The normalized spacial score (nSPS) is 10.2. The smallest absolute Gasteiger partial charge is 0.257 e. The van der Waals surface area contributed by atoms with Gasteiger partial charge in [0.05, 0.1) is 19.8 Å². The molecule has 0 aliphatic heterocycles. The molecule has 0 aliphatic rings. The summed E-state index contributed by atoms with van der Waals surface area (Å²) >= 11 is 0. The Morgan fingerprint density at radius 1 is 0.964 bits per heavy atom. The lowest BCUT2D eigenvalue weighted by atomic mass is 10.1. The lowest BCUT2D eigenvalue weighted by Crippen LogP contribution is -2.13. The van der Waals surface area contributed by atoms with E-state index in [4.69, 9.17) is 9.47 Å². The first-order valence-corrected chi connectivity index (χ1v) is 8.97. The second-order valence-electron chi connectivity index (χ2n) is 6.10. The van der Waals surface area contributed by atoms with E-state index in [1.807, 2.05) is 24.3 Å². The Hall–Kier alpha value is -3.54. The summed E-state index contributed by atoms with van der Waals surface area (Å²) in [6.45, 7) is 0.713. The maximum absolute atomic E-state index is 12.3. The van der Waals surface area contributed by atoms with Crippen LogP contribution in [0.1, 0.15) is 15.9 Å². The van der Waals surface area contributed by atoms with E-state index in [0.29, 0.717) is 17.8 Å². The number of anilines is 2. The third-order valence-electron chi connectivity index (χ3n) is 4.27. The molecule has 0 saturated carbocycles. The summed E-state index contributed by atoms with van der Waals surface area (Å²) in [5.74, 6) is 2.13. The average molecular weight is 377 g/mol. The molecule has 0 radical (unpaired) electrons. The zero-order valence-corrected chi connectivity index (χ0v) is 15.9. The van der Waals surface area contributed by atoms with Crippen LogP contribution in [-0.4, -0.2) is 31.7 Å². The minimum absolute atomic E-state index is 0.210. The summed E-state index contributed by atoms with van der Waals surface area (Å²) in [5.41, 5.74) is 2.32. The topological polar surface area (TPSA) is 72.5 Å². The number of nitrogens with one attached hydrogen (secondary N) is 2. The molecule has 0 spiro atoms. The molecular weight excluding hydrogens is 354 g/mol. The van der Waals surface area contributed by atoms with Gasteiger partial charge in [-0.3, -0.25) is 4.79 Å². The van der Waals surface area contributed by atoms with Crippen molar-refractivity contribution in [2.45, 2.75) is 6.42 Å². The van der Waals surface area contributed by atoms with Crippen molar-refractivity contribution in [1.29, 1.82) is 0 Å². The van der Waals surface area contributed by atoms with Gasteiger partial charge < -0.3 is 20.1 Å². The van der Waals surface area contributed by atoms with E-state index >= 15 is 0 Å². The van der Waals surface area contributed by atoms with Gasteiger partial charge in [-0.15, -0.1) is 0 Å². The molecule has 1 aromatic heterocycles. The molecule has 1 heterocycles. The van der Waals surface area contributed by atoms with Gasteiger partial charge in [0.25, 0.3) is 5.91 Å². The van der Waals surface area contributed by atoms with E-state index < -0.39 is 0 Å². The molecule has 0 bridgehead atoms. The van der Waals surface area contributed by atoms with Crippen molar-refractivity contribution in [3.8, 4) is 11.5 Å². The van der Waals surface area contributed by atoms with Crippen LogP contribution < -0.4 is 20.1 Å². The van der Waals surface area contributed by atoms with Crippen LogP contribution in [0, 0.1) is 0 Å². The number of carbonyl (C=O) groups is 1. The van der Waals surface area contributed by atoms with Gasteiger partial charge in [0.15, 0.2) is 0 Å². The van der Waals surface area contributed by atoms with E-state index in [0.717, 1.165) is 29.3 Å². The van der Waals surface area contributed by atoms with Crippen molar-refractivity contribution >= 4 is 17.4 Å². The van der Waals surface area contributed by atoms with Gasteiger partial charge in [0, 0.05) is 18.4 Å². The first kappa shape index (κ1) is 19.2. The lowest BCUT2D eigenvalue weighted by molar-refractivity contribution is 0.102. The quantitative estimate of drug-likeness (QED) is 0.621. The van der Waals surface area contributed by atoms with Crippen LogP contribution in [0.2, 0.25) is 0 Å². The van der Waals surface area contributed by atoms with Gasteiger partial charge in [-0.1, -0.05) is 18.2 Å². The molecule has 3 rings (SSSR count). The summed E-state index contributed by atoms with van der Waals surface area (Å²) in [5, 5.41) is 6.10. The Morgan fingerprint density at radius 3 is 2.43 bits per heavy atom. The monoisotopic (exact) mass is 377 g/mol. The fraction of sp³-hybridized carbons (Fsp3) is 0.182. The van der Waals surface area contributed by atoms with Crippen LogP contribution in [0.25, 0.3) is 0 Å². The third kappa shape index (κ3) is 5.01. The highest BCUT2D eigenvalue weighted by atomic mass is 16.5. The number of nitrogens with zero attached hydrogens (tertiary/aromatic N) is 1. The standard InChI is InChI=1S/C22H23N3O3/c1-27-19-10-8-18(9-11-19)25-22(26)17-7-12-21(24-15-17)23-14-13-16-5-3-4-6-20(16)28-2/h3-12,15H,13-14H2,1-2H3,(H,23,24)(H,25,26). The van der Waals surface area contributed by atoms with Crippen LogP contribution in [0.5, 0.6) is 11.5 Å². The van der Waals surface area contributed by atoms with Gasteiger partial charge in [0.1, 0.15) is 17.3 Å². The van der Waals surface area contributed by atoms with Gasteiger partial charge in [-0.05, 0) is 54.4 Å². The maximum Gasteiger partial charge on any atom is 0.257 e. The van der Waals surface area contributed by atoms with Gasteiger partial charge >= 0.3 is 0 Å². The number of rotatable bonds is 8. The fourth-order valence-electron chi connectivity index (χ4n) is 2.75. The number of methoxy groups -OCH3 is 2. The van der Waals surface area contributed by atoms with E-state index in [-0.39, 0.29) is 5.91 Å². The summed E-state index contributed by atoms with van der Waals surface area (Å²) in [4.78, 5) is 16.7. The highest BCUT2D eigenvalue weighted by molar-refractivity contribution is 6.04. The number of carbonyl (C=O) groups excluding carboxylic acids is 1. The average Bonchev–Trinajstić information content (AvgIpc) is 2.75. The molecule has 6 heteroatoms. The maximum atomic E-state index is 12.3. The summed E-state index contributed by atoms with van der Waals surface area (Å²) in [6, 6.07) is 18.6. The van der Waals surface area contributed by atoms with Crippen LogP contribution in [0.3, 0.4) is 0 Å². The molecule has 0 atom stereocenters. The molecular formula is C22H23N3O3. The molecule has 3 aromatic rings. The van der Waals surface area contributed by atoms with Crippen molar-refractivity contribution in [3.63, 3.8) is 0 Å². The molecule has 0 saturated heterocycles. The van der Waals surface area contributed by atoms with E-state index in [1.54, 1.807) is 56.8 Å². The largest absolute Gasteiger partial charge is 0.497 e. The molecule has 1 amide bonds. The number of hydrogen-bond acceptors (Lipinski definition) is 5. The number of ether oxygens (including phenoxy) is 2. The molecule has 144 valence electrons. The van der Waals surface area contributed by atoms with Gasteiger partial charge in [0.2, 0.25) is 0 Å². The summed E-state index contributed by atoms with van der Waals surface area (Å²) < 4.78 is 10.5. The predicted molar refractivity (Wildman–Crippen MR) is 110 cm³/mol.